The predicted octanol–water partition coefficient (Wildman–Crippen LogP) is -0.438. The van der Waals surface area contributed by atoms with E-state index in [0.717, 1.165) is 0 Å². The van der Waals surface area contributed by atoms with Crippen LogP contribution in [0.15, 0.2) is 0 Å². The number of hydrogen-bond donors (Lipinski definition) is 2. The van der Waals surface area contributed by atoms with Crippen LogP contribution in [-0.2, 0) is 4.79 Å². The lowest BCUT2D eigenvalue weighted by atomic mass is 10.1. The number of halogens is 1. The van der Waals surface area contributed by atoms with Crippen LogP contribution in [0.1, 0.15) is 12.8 Å². The third-order valence-electron chi connectivity index (χ3n) is 1.62. The van der Waals surface area contributed by atoms with Gasteiger partial charge < -0.3 is 11.1 Å². The van der Waals surface area contributed by atoms with Crippen molar-refractivity contribution >= 4 is 5.91 Å². The third-order valence-corrected chi connectivity index (χ3v) is 1.62. The highest BCUT2D eigenvalue weighted by Gasteiger charge is 2.24. The normalized spacial score (nSPS) is 32.5. The van der Waals surface area contributed by atoms with Gasteiger partial charge in [-0.15, -0.1) is 0 Å². The summed E-state index contributed by atoms with van der Waals surface area (Å²) in [4.78, 5) is 10.3. The van der Waals surface area contributed by atoms with Crippen LogP contribution >= 0.6 is 0 Å². The van der Waals surface area contributed by atoms with Gasteiger partial charge in [0, 0.05) is 19.0 Å². The molecule has 0 aromatic rings. The van der Waals surface area contributed by atoms with E-state index in [1.807, 2.05) is 0 Å². The van der Waals surface area contributed by atoms with E-state index in [9.17, 15) is 9.18 Å². The lowest BCUT2D eigenvalue weighted by molar-refractivity contribution is -0.118. The second kappa shape index (κ2) is 2.96. The molecule has 10 heavy (non-hydrogen) atoms. The fraction of sp³-hybridized carbons (Fsp3) is 0.833. The smallest absolute Gasteiger partial charge is 0.218 e. The lowest BCUT2D eigenvalue weighted by Gasteiger charge is -2.04. The predicted molar refractivity (Wildman–Crippen MR) is 35.1 cm³/mol. The van der Waals surface area contributed by atoms with Gasteiger partial charge >= 0.3 is 0 Å². The van der Waals surface area contributed by atoms with Crippen LogP contribution < -0.4 is 11.1 Å². The van der Waals surface area contributed by atoms with Gasteiger partial charge in [0.15, 0.2) is 0 Å². The van der Waals surface area contributed by atoms with Crippen molar-refractivity contribution in [3.8, 4) is 0 Å². The maximum Gasteiger partial charge on any atom is 0.218 e. The Morgan fingerprint density at radius 2 is 2.50 bits per heavy atom. The van der Waals surface area contributed by atoms with E-state index in [0.29, 0.717) is 13.0 Å². The molecule has 1 fully saturated rings. The first-order valence-electron chi connectivity index (χ1n) is 3.34. The van der Waals surface area contributed by atoms with E-state index >= 15 is 0 Å². The first kappa shape index (κ1) is 7.47. The summed E-state index contributed by atoms with van der Waals surface area (Å²) >= 11 is 0. The molecule has 3 N–H and O–H groups in total. The van der Waals surface area contributed by atoms with Gasteiger partial charge in [-0.3, -0.25) is 4.79 Å². The van der Waals surface area contributed by atoms with Crippen molar-refractivity contribution in [1.82, 2.24) is 5.32 Å². The molecular formula is C6H11FN2O. The number of carbonyl (C=O) groups excluding carboxylic acids is 1. The van der Waals surface area contributed by atoms with Crippen LogP contribution in [0.5, 0.6) is 0 Å². The Morgan fingerprint density at radius 3 is 2.90 bits per heavy atom. The van der Waals surface area contributed by atoms with Gasteiger partial charge in [0.1, 0.15) is 6.17 Å². The Hall–Kier alpha value is -0.640. The minimum absolute atomic E-state index is 0.0347. The van der Waals surface area contributed by atoms with Crippen LogP contribution in [0.2, 0.25) is 0 Å². The largest absolute Gasteiger partial charge is 0.370 e. The molecule has 1 amide bonds. The molecule has 0 saturated carbocycles. The molecule has 0 aromatic heterocycles. The molecule has 4 heteroatoms. The van der Waals surface area contributed by atoms with Crippen LogP contribution in [-0.4, -0.2) is 24.7 Å². The minimum atomic E-state index is -0.802. The molecule has 0 bridgehead atoms. The van der Waals surface area contributed by atoms with Crippen LogP contribution in [0.25, 0.3) is 0 Å². The molecule has 0 radical (unpaired) electrons. The monoisotopic (exact) mass is 146 g/mol. The Morgan fingerprint density at radius 1 is 1.80 bits per heavy atom. The summed E-state index contributed by atoms with van der Waals surface area (Å²) in [5, 5.41) is 2.86. The molecule has 1 aliphatic rings. The van der Waals surface area contributed by atoms with Crippen molar-refractivity contribution in [2.45, 2.75) is 25.1 Å². The Bertz CT molecular complexity index is 140. The van der Waals surface area contributed by atoms with Crippen molar-refractivity contribution < 1.29 is 9.18 Å². The highest BCUT2D eigenvalue weighted by atomic mass is 19.1. The van der Waals surface area contributed by atoms with E-state index in [2.05, 4.69) is 5.32 Å². The number of amides is 1. The fourth-order valence-corrected chi connectivity index (χ4v) is 1.17. The highest BCUT2D eigenvalue weighted by molar-refractivity contribution is 5.74. The van der Waals surface area contributed by atoms with Crippen molar-refractivity contribution in [3.05, 3.63) is 0 Å². The molecule has 1 aliphatic heterocycles. The van der Waals surface area contributed by atoms with Crippen LogP contribution in [0.4, 0.5) is 4.39 Å². The molecule has 3 nitrogen and oxygen atoms in total. The van der Waals surface area contributed by atoms with E-state index < -0.39 is 6.17 Å². The van der Waals surface area contributed by atoms with Crippen molar-refractivity contribution in [3.63, 3.8) is 0 Å². The number of nitrogens with two attached hydrogens (primary N) is 1. The van der Waals surface area contributed by atoms with E-state index in [1.165, 1.54) is 0 Å². The summed E-state index contributed by atoms with van der Waals surface area (Å²) in [7, 11) is 0. The molecule has 58 valence electrons. The second-order valence-corrected chi connectivity index (χ2v) is 2.61. The first-order chi connectivity index (χ1) is 4.68. The number of primary amides is 1. The Labute approximate surface area is 58.8 Å². The summed E-state index contributed by atoms with van der Waals surface area (Å²) in [6, 6.07) is -0.0347. The molecular weight excluding hydrogens is 135 g/mol. The summed E-state index contributed by atoms with van der Waals surface area (Å²) < 4.78 is 12.4. The SMILES string of the molecule is NC(=O)C[C@H]1C[C@H](F)CN1. The van der Waals surface area contributed by atoms with Crippen LogP contribution in [0.3, 0.4) is 0 Å². The van der Waals surface area contributed by atoms with Gasteiger partial charge in [-0.05, 0) is 6.42 Å². The van der Waals surface area contributed by atoms with E-state index in [-0.39, 0.29) is 18.4 Å². The first-order valence-corrected chi connectivity index (χ1v) is 3.34. The summed E-state index contributed by atoms with van der Waals surface area (Å²) in [5.74, 6) is -0.369. The van der Waals surface area contributed by atoms with Crippen molar-refractivity contribution in [2.75, 3.05) is 6.54 Å². The van der Waals surface area contributed by atoms with Gasteiger partial charge in [0.25, 0.3) is 0 Å². The average Bonchev–Trinajstić information content (AvgIpc) is 2.13. The summed E-state index contributed by atoms with van der Waals surface area (Å²) in [6.45, 7) is 0.359. The van der Waals surface area contributed by atoms with Gasteiger partial charge in [0.2, 0.25) is 5.91 Å². The third kappa shape index (κ3) is 1.95. The standard InChI is InChI=1S/C6H11FN2O/c7-4-1-5(9-3-4)2-6(8)10/h4-5,9H,1-3H2,(H2,8,10)/t4-,5+/m0/s1. The van der Waals surface area contributed by atoms with E-state index in [1.54, 1.807) is 0 Å². The van der Waals surface area contributed by atoms with Gasteiger partial charge in [-0.2, -0.15) is 0 Å². The summed E-state index contributed by atoms with van der Waals surface area (Å²) in [5.41, 5.74) is 4.92. The number of carbonyl (C=O) groups is 1. The molecule has 1 saturated heterocycles. The highest BCUT2D eigenvalue weighted by Crippen LogP contribution is 2.11. The zero-order chi connectivity index (χ0) is 7.56. The number of rotatable bonds is 2. The molecule has 0 spiro atoms. The Balaban J connectivity index is 2.24. The molecule has 1 rings (SSSR count). The topological polar surface area (TPSA) is 55.1 Å². The van der Waals surface area contributed by atoms with Crippen molar-refractivity contribution in [2.24, 2.45) is 5.73 Å². The van der Waals surface area contributed by atoms with E-state index in [4.69, 9.17) is 5.73 Å². The minimum Gasteiger partial charge on any atom is -0.370 e. The Kier molecular flexibility index (Phi) is 2.21. The zero-order valence-corrected chi connectivity index (χ0v) is 5.64. The number of hydrogen-bond acceptors (Lipinski definition) is 2. The van der Waals surface area contributed by atoms with Gasteiger partial charge in [-0.25, -0.2) is 4.39 Å². The number of alkyl halides is 1. The lowest BCUT2D eigenvalue weighted by Crippen LogP contribution is -2.27. The van der Waals surface area contributed by atoms with Gasteiger partial charge in [0.05, 0.1) is 0 Å². The molecule has 2 atom stereocenters. The number of nitrogens with one attached hydrogen (secondary N) is 1. The maximum atomic E-state index is 12.4. The molecule has 0 unspecified atom stereocenters. The quantitative estimate of drug-likeness (QED) is 0.555. The van der Waals surface area contributed by atoms with Crippen LogP contribution in [0, 0.1) is 0 Å². The zero-order valence-electron chi connectivity index (χ0n) is 5.64. The molecule has 0 aromatic carbocycles. The molecule has 0 aliphatic carbocycles. The average molecular weight is 146 g/mol. The second-order valence-electron chi connectivity index (χ2n) is 2.61. The fourth-order valence-electron chi connectivity index (χ4n) is 1.17. The molecule has 1 heterocycles. The maximum absolute atomic E-state index is 12.4. The van der Waals surface area contributed by atoms with Crippen molar-refractivity contribution in [1.29, 1.82) is 0 Å². The summed E-state index contributed by atoms with van der Waals surface area (Å²) in [6.07, 6.45) is -0.132. The van der Waals surface area contributed by atoms with Gasteiger partial charge in [-0.1, -0.05) is 0 Å².